The van der Waals surface area contributed by atoms with Crippen molar-refractivity contribution in [3.63, 3.8) is 0 Å². The summed E-state index contributed by atoms with van der Waals surface area (Å²) in [6.07, 6.45) is -6.95. The van der Waals surface area contributed by atoms with Crippen molar-refractivity contribution in [1.82, 2.24) is 29.6 Å². The number of pyridine rings is 2. The number of amides is 4. The lowest BCUT2D eigenvalue weighted by atomic mass is 9.98. The SMILES string of the molecule is CC(C)C[C@H]1C(=O)O[C@H](Cc2ccc(Cc3cnccc3C(F)F)cc2)C(=O)N(C)[C@@H](CC(C)C)C(=O)O[C@H](C)C(=O)N(C)[C@@H](CC(C)C)C(=O)O[C@H](Cc2ccc(Cc3cnccc3C(F)F)cc2)C(=O)N(C)[C@@H](CC(C)C)C(=O)O[C@H](C)C(=O)N1C. The molecular formula is C66H86F4N6O12. The summed E-state index contributed by atoms with van der Waals surface area (Å²) >= 11 is 0. The number of nitrogens with zero attached hydrogens (tertiary/aromatic N) is 6. The fourth-order valence-electron chi connectivity index (χ4n) is 10.5. The Balaban J connectivity index is 1.59. The minimum Gasteiger partial charge on any atom is -0.451 e. The van der Waals surface area contributed by atoms with Gasteiger partial charge in [0.25, 0.3) is 36.5 Å². The van der Waals surface area contributed by atoms with Gasteiger partial charge in [-0.2, -0.15) is 0 Å². The second-order valence-corrected chi connectivity index (χ2v) is 24.5. The minimum atomic E-state index is -2.74. The Morgan fingerprint density at radius 2 is 0.659 bits per heavy atom. The number of ether oxygens (including phenoxy) is 4. The monoisotopic (exact) mass is 1230 g/mol. The smallest absolute Gasteiger partial charge is 0.329 e. The van der Waals surface area contributed by atoms with Crippen molar-refractivity contribution in [1.29, 1.82) is 0 Å². The summed E-state index contributed by atoms with van der Waals surface area (Å²) in [7, 11) is 5.30. The number of alkyl halides is 4. The molecular weight excluding hydrogens is 1140 g/mol. The molecule has 88 heavy (non-hydrogen) atoms. The van der Waals surface area contributed by atoms with Gasteiger partial charge in [0.2, 0.25) is 0 Å². The third-order valence-electron chi connectivity index (χ3n) is 15.5. The van der Waals surface area contributed by atoms with Crippen LogP contribution >= 0.6 is 0 Å². The van der Waals surface area contributed by atoms with Gasteiger partial charge in [0.15, 0.2) is 24.4 Å². The summed E-state index contributed by atoms with van der Waals surface area (Å²) in [5.74, 6) is -8.43. The van der Waals surface area contributed by atoms with Crippen molar-refractivity contribution in [2.75, 3.05) is 28.2 Å². The van der Waals surface area contributed by atoms with E-state index in [2.05, 4.69) is 9.97 Å². The van der Waals surface area contributed by atoms with E-state index >= 15 is 9.59 Å². The van der Waals surface area contributed by atoms with Crippen LogP contribution in [0.15, 0.2) is 85.5 Å². The lowest BCUT2D eigenvalue weighted by Gasteiger charge is -2.35. The highest BCUT2D eigenvalue weighted by Gasteiger charge is 2.43. The number of likely N-dealkylation sites (N-methyl/N-ethyl adjacent to an activating group) is 4. The molecule has 0 saturated carbocycles. The van der Waals surface area contributed by atoms with Crippen LogP contribution in [-0.4, -0.2) is 154 Å². The molecule has 1 fully saturated rings. The number of hydrogen-bond acceptors (Lipinski definition) is 14. The first-order chi connectivity index (χ1) is 41.4. The molecule has 480 valence electrons. The van der Waals surface area contributed by atoms with Crippen LogP contribution in [0.3, 0.4) is 0 Å². The molecule has 0 bridgehead atoms. The number of halogens is 4. The molecule has 3 heterocycles. The van der Waals surface area contributed by atoms with E-state index in [4.69, 9.17) is 18.9 Å². The lowest BCUT2D eigenvalue weighted by Crippen LogP contribution is -2.55. The van der Waals surface area contributed by atoms with Crippen LogP contribution < -0.4 is 0 Å². The number of hydrogen-bond donors (Lipinski definition) is 0. The molecule has 18 nitrogen and oxygen atoms in total. The highest BCUT2D eigenvalue weighted by atomic mass is 19.3. The maximum atomic E-state index is 15.1. The van der Waals surface area contributed by atoms with E-state index in [1.807, 2.05) is 0 Å². The molecule has 5 rings (SSSR count). The molecule has 22 heteroatoms. The molecule has 2 aromatic heterocycles. The first kappa shape index (κ1) is 71.0. The third-order valence-corrected chi connectivity index (χ3v) is 15.5. The van der Waals surface area contributed by atoms with E-state index in [1.54, 1.807) is 104 Å². The number of carbonyl (C=O) groups excluding carboxylic acids is 8. The van der Waals surface area contributed by atoms with Gasteiger partial charge in [0.05, 0.1) is 0 Å². The highest BCUT2D eigenvalue weighted by molar-refractivity contribution is 5.94. The molecule has 1 aliphatic rings. The van der Waals surface area contributed by atoms with Gasteiger partial charge in [0.1, 0.15) is 24.2 Å². The molecule has 2 aromatic carbocycles. The molecule has 4 amide bonds. The van der Waals surface area contributed by atoms with Crippen molar-refractivity contribution in [3.05, 3.63) is 130 Å². The number of aromatic nitrogens is 2. The quantitative estimate of drug-likeness (QED) is 0.0516. The average molecular weight is 1230 g/mol. The van der Waals surface area contributed by atoms with Crippen LogP contribution in [0.25, 0.3) is 0 Å². The molecule has 1 saturated heterocycles. The normalized spacial score (nSPS) is 22.3. The minimum absolute atomic E-state index is 0.00299. The van der Waals surface area contributed by atoms with Crippen LogP contribution in [0.1, 0.15) is 152 Å². The molecule has 4 aromatic rings. The zero-order valence-electron chi connectivity index (χ0n) is 52.9. The molecule has 8 atom stereocenters. The summed E-state index contributed by atoms with van der Waals surface area (Å²) in [6.45, 7) is 17.0. The second-order valence-electron chi connectivity index (χ2n) is 24.5. The summed E-state index contributed by atoms with van der Waals surface area (Å²) < 4.78 is 79.7. The Hall–Kier alpha value is -7.78. The summed E-state index contributed by atoms with van der Waals surface area (Å²) in [5, 5.41) is 0. The molecule has 0 N–H and O–H groups in total. The van der Waals surface area contributed by atoms with Crippen molar-refractivity contribution in [2.24, 2.45) is 23.7 Å². The second kappa shape index (κ2) is 32.4. The Morgan fingerprint density at radius 1 is 0.398 bits per heavy atom. The maximum absolute atomic E-state index is 15.1. The van der Waals surface area contributed by atoms with Crippen molar-refractivity contribution in [3.8, 4) is 0 Å². The van der Waals surface area contributed by atoms with Crippen LogP contribution in [0.4, 0.5) is 17.6 Å². The zero-order chi connectivity index (χ0) is 65.4. The van der Waals surface area contributed by atoms with Crippen LogP contribution in [0, 0.1) is 23.7 Å². The number of carbonyl (C=O) groups is 8. The summed E-state index contributed by atoms with van der Waals surface area (Å²) in [4.78, 5) is 130. The molecule has 0 spiro atoms. The van der Waals surface area contributed by atoms with Crippen LogP contribution in [0.5, 0.6) is 0 Å². The van der Waals surface area contributed by atoms with Gasteiger partial charge in [-0.15, -0.1) is 0 Å². The van der Waals surface area contributed by atoms with Gasteiger partial charge < -0.3 is 38.5 Å². The standard InChI is InChI=1S/C66H86F4N6O12/c1-37(2)27-51-63(81)85-41(9)59(77)73(11)54(30-40(7)8)66(84)88-56(34-46-21-17-44(18-22-46)32-48-36-72-26-24-50(48)58(69)70)62(80)76(14)52(28-38(3)4)64(82)86-42(10)60(78)74(12)53(29-39(5)6)65(83)87-55(61(79)75(51)13)33-45-19-15-43(16-20-45)31-47-35-71-25-23-49(47)57(67)68/h15-26,35-42,51-58H,27-34H2,1-14H3/t41-,42-,51+,52+,53+,54+,55-,56-/m1/s1. The Labute approximate surface area is 514 Å². The Morgan fingerprint density at radius 3 is 0.932 bits per heavy atom. The van der Waals surface area contributed by atoms with E-state index in [9.17, 15) is 46.3 Å². The number of cyclic esters (lactones) is 4. The topological polar surface area (TPSA) is 212 Å². The van der Waals surface area contributed by atoms with Crippen LogP contribution in [0.2, 0.25) is 0 Å². The van der Waals surface area contributed by atoms with Gasteiger partial charge in [-0.05, 0) is 122 Å². The fraction of sp³-hybridized carbons (Fsp3) is 0.545. The van der Waals surface area contributed by atoms with E-state index in [1.165, 1.54) is 79.0 Å². The van der Waals surface area contributed by atoms with Gasteiger partial charge in [0, 0.05) is 76.9 Å². The van der Waals surface area contributed by atoms with E-state index in [0.29, 0.717) is 33.4 Å². The molecule has 0 radical (unpaired) electrons. The predicted molar refractivity (Wildman–Crippen MR) is 319 cm³/mol. The average Bonchev–Trinajstić information content (AvgIpc) is 1.51. The van der Waals surface area contributed by atoms with E-state index in [0.717, 1.165) is 19.6 Å². The first-order valence-electron chi connectivity index (χ1n) is 29.8. The number of rotatable bonds is 18. The molecule has 0 aliphatic carbocycles. The summed E-state index contributed by atoms with van der Waals surface area (Å²) in [5.41, 5.74) is 2.47. The maximum Gasteiger partial charge on any atom is 0.329 e. The Bertz CT molecular complexity index is 2820. The van der Waals surface area contributed by atoms with Crippen molar-refractivity contribution >= 4 is 47.5 Å². The van der Waals surface area contributed by atoms with Crippen molar-refractivity contribution in [2.45, 2.75) is 182 Å². The van der Waals surface area contributed by atoms with Gasteiger partial charge in [-0.3, -0.25) is 29.1 Å². The fourth-order valence-corrected chi connectivity index (χ4v) is 10.5. The predicted octanol–water partition coefficient (Wildman–Crippen LogP) is 9.51. The van der Waals surface area contributed by atoms with Gasteiger partial charge in [-0.1, -0.05) is 104 Å². The Kier molecular flexibility index (Phi) is 26.2. The molecule has 1 aliphatic heterocycles. The number of esters is 4. The number of benzene rings is 2. The van der Waals surface area contributed by atoms with Gasteiger partial charge in [-0.25, -0.2) is 36.7 Å². The largest absolute Gasteiger partial charge is 0.451 e. The van der Waals surface area contributed by atoms with Crippen molar-refractivity contribution < 1.29 is 74.9 Å². The first-order valence-corrected chi connectivity index (χ1v) is 29.8. The van der Waals surface area contributed by atoms with E-state index < -0.39 is 109 Å². The van der Waals surface area contributed by atoms with Gasteiger partial charge >= 0.3 is 23.9 Å². The third kappa shape index (κ3) is 19.6. The lowest BCUT2D eigenvalue weighted by molar-refractivity contribution is -0.176. The highest BCUT2D eigenvalue weighted by Crippen LogP contribution is 2.29. The zero-order valence-corrected chi connectivity index (χ0v) is 52.9. The molecule has 0 unspecified atom stereocenters. The van der Waals surface area contributed by atoms with E-state index in [-0.39, 0.29) is 86.2 Å². The summed E-state index contributed by atoms with van der Waals surface area (Å²) in [6, 6.07) is 10.2. The van der Waals surface area contributed by atoms with Crippen LogP contribution in [-0.2, 0) is 83.0 Å².